The molecule has 0 aromatic heterocycles. The third-order valence-electron chi connectivity index (χ3n) is 4.01. The lowest BCUT2D eigenvalue weighted by molar-refractivity contribution is -0.118. The molecule has 1 unspecified atom stereocenters. The van der Waals surface area contributed by atoms with Crippen LogP contribution in [0.25, 0.3) is 0 Å². The molecule has 1 amide bonds. The van der Waals surface area contributed by atoms with Gasteiger partial charge < -0.3 is 14.7 Å². The molecule has 0 radical (unpaired) electrons. The van der Waals surface area contributed by atoms with Gasteiger partial charge >= 0.3 is 0 Å². The number of carbonyl (C=O) groups excluding carboxylic acids is 1. The summed E-state index contributed by atoms with van der Waals surface area (Å²) < 4.78 is 5.24. The third-order valence-corrected chi connectivity index (χ3v) is 4.01. The van der Waals surface area contributed by atoms with Gasteiger partial charge in [0.15, 0.2) is 0 Å². The summed E-state index contributed by atoms with van der Waals surface area (Å²) in [6, 6.07) is 15.2. The fourth-order valence-corrected chi connectivity index (χ4v) is 2.82. The van der Waals surface area contributed by atoms with Crippen molar-refractivity contribution in [1.82, 2.24) is 0 Å². The van der Waals surface area contributed by atoms with E-state index < -0.39 is 6.10 Å². The molecule has 0 spiro atoms. The van der Waals surface area contributed by atoms with Crippen LogP contribution < -0.4 is 9.64 Å². The van der Waals surface area contributed by atoms with Crippen molar-refractivity contribution in [3.63, 3.8) is 0 Å². The summed E-state index contributed by atoms with van der Waals surface area (Å²) in [5.41, 5.74) is 2.52. The Kier molecular flexibility index (Phi) is 4.11. The predicted octanol–water partition coefficient (Wildman–Crippen LogP) is 2.71. The van der Waals surface area contributed by atoms with Crippen LogP contribution in [0.1, 0.15) is 23.7 Å². The van der Waals surface area contributed by atoms with Gasteiger partial charge in [0.25, 0.3) is 0 Å². The van der Waals surface area contributed by atoms with Gasteiger partial charge in [-0.1, -0.05) is 36.4 Å². The Labute approximate surface area is 130 Å². The maximum absolute atomic E-state index is 12.6. The first kappa shape index (κ1) is 14.6. The van der Waals surface area contributed by atoms with Gasteiger partial charge in [-0.05, 0) is 18.1 Å². The van der Waals surface area contributed by atoms with Crippen LogP contribution in [0.2, 0.25) is 0 Å². The van der Waals surface area contributed by atoms with Crippen molar-refractivity contribution >= 4 is 11.6 Å². The van der Waals surface area contributed by atoms with Gasteiger partial charge in [-0.3, -0.25) is 4.79 Å². The van der Waals surface area contributed by atoms with Crippen LogP contribution in [0.5, 0.6) is 5.75 Å². The summed E-state index contributed by atoms with van der Waals surface area (Å²) in [6.45, 7) is 0.521. The number of carbonyl (C=O) groups is 1. The zero-order valence-corrected chi connectivity index (χ0v) is 12.5. The number of fused-ring (bicyclic) bond motifs is 1. The van der Waals surface area contributed by atoms with Crippen molar-refractivity contribution in [2.24, 2.45) is 0 Å². The van der Waals surface area contributed by atoms with Gasteiger partial charge in [0.2, 0.25) is 5.91 Å². The molecule has 1 aliphatic heterocycles. The Morgan fingerprint density at radius 2 is 2.05 bits per heavy atom. The van der Waals surface area contributed by atoms with Gasteiger partial charge in [-0.15, -0.1) is 0 Å². The number of aliphatic hydroxyl groups excluding tert-OH is 1. The van der Waals surface area contributed by atoms with E-state index in [2.05, 4.69) is 0 Å². The van der Waals surface area contributed by atoms with Crippen LogP contribution >= 0.6 is 0 Å². The highest BCUT2D eigenvalue weighted by atomic mass is 16.5. The zero-order chi connectivity index (χ0) is 15.5. The van der Waals surface area contributed by atoms with Gasteiger partial charge in [-0.25, -0.2) is 0 Å². The standard InChI is InChI=1S/C18H19NO3/c1-22-14-7-8-15-16(12-14)19(10-9-17(15)20)18(21)11-13-5-3-2-4-6-13/h2-8,12,17,20H,9-11H2,1H3. The van der Waals surface area contributed by atoms with Crippen LogP contribution in [-0.4, -0.2) is 24.7 Å². The van der Waals surface area contributed by atoms with Gasteiger partial charge in [0, 0.05) is 18.2 Å². The second-order valence-corrected chi connectivity index (χ2v) is 5.44. The fraction of sp³-hybridized carbons (Fsp3) is 0.278. The molecule has 1 N–H and O–H groups in total. The van der Waals surface area contributed by atoms with Crippen LogP contribution in [0.4, 0.5) is 5.69 Å². The summed E-state index contributed by atoms with van der Waals surface area (Å²) in [7, 11) is 1.59. The highest BCUT2D eigenvalue weighted by molar-refractivity contribution is 5.96. The molecule has 22 heavy (non-hydrogen) atoms. The molecule has 1 heterocycles. The summed E-state index contributed by atoms with van der Waals surface area (Å²) >= 11 is 0. The van der Waals surface area contributed by atoms with E-state index in [1.165, 1.54) is 0 Å². The number of hydrogen-bond acceptors (Lipinski definition) is 3. The topological polar surface area (TPSA) is 49.8 Å². The highest BCUT2D eigenvalue weighted by Gasteiger charge is 2.27. The first-order valence-electron chi connectivity index (χ1n) is 7.39. The Bertz CT molecular complexity index is 669. The molecule has 3 rings (SSSR count). The predicted molar refractivity (Wildman–Crippen MR) is 85.1 cm³/mol. The van der Waals surface area contributed by atoms with Crippen molar-refractivity contribution < 1.29 is 14.6 Å². The monoisotopic (exact) mass is 297 g/mol. The Morgan fingerprint density at radius 1 is 1.27 bits per heavy atom. The summed E-state index contributed by atoms with van der Waals surface area (Å²) in [4.78, 5) is 14.4. The van der Waals surface area contributed by atoms with E-state index in [0.717, 1.165) is 16.8 Å². The molecule has 114 valence electrons. The van der Waals surface area contributed by atoms with E-state index in [9.17, 15) is 9.90 Å². The lowest BCUT2D eigenvalue weighted by Crippen LogP contribution is -2.37. The minimum Gasteiger partial charge on any atom is -0.497 e. The van der Waals surface area contributed by atoms with E-state index in [1.807, 2.05) is 48.5 Å². The lowest BCUT2D eigenvalue weighted by atomic mass is 9.97. The van der Waals surface area contributed by atoms with Crippen molar-refractivity contribution in [1.29, 1.82) is 0 Å². The second kappa shape index (κ2) is 6.20. The van der Waals surface area contributed by atoms with E-state index in [0.29, 0.717) is 25.1 Å². The third kappa shape index (κ3) is 2.83. The number of benzene rings is 2. The van der Waals surface area contributed by atoms with Crippen molar-refractivity contribution in [3.05, 3.63) is 59.7 Å². The average Bonchev–Trinajstić information content (AvgIpc) is 2.55. The molecule has 4 nitrogen and oxygen atoms in total. The SMILES string of the molecule is COc1ccc2c(c1)N(C(=O)Cc1ccccc1)CCC2O. The molecular weight excluding hydrogens is 278 g/mol. The van der Waals surface area contributed by atoms with Gasteiger partial charge in [-0.2, -0.15) is 0 Å². The number of amides is 1. The van der Waals surface area contributed by atoms with Gasteiger partial charge in [0.1, 0.15) is 5.75 Å². The number of hydrogen-bond donors (Lipinski definition) is 1. The molecule has 0 bridgehead atoms. The molecule has 2 aromatic rings. The quantitative estimate of drug-likeness (QED) is 0.947. The van der Waals surface area contributed by atoms with Crippen LogP contribution in [0, 0.1) is 0 Å². The van der Waals surface area contributed by atoms with Crippen LogP contribution in [0.3, 0.4) is 0 Å². The van der Waals surface area contributed by atoms with E-state index in [1.54, 1.807) is 12.0 Å². The number of nitrogens with zero attached hydrogens (tertiary/aromatic N) is 1. The Hall–Kier alpha value is -2.33. The van der Waals surface area contributed by atoms with Crippen LogP contribution in [0.15, 0.2) is 48.5 Å². The number of ether oxygens (including phenoxy) is 1. The number of rotatable bonds is 3. The molecule has 0 saturated heterocycles. The zero-order valence-electron chi connectivity index (χ0n) is 12.5. The maximum atomic E-state index is 12.6. The molecule has 2 aromatic carbocycles. The minimum absolute atomic E-state index is 0.0348. The fourth-order valence-electron chi connectivity index (χ4n) is 2.82. The largest absolute Gasteiger partial charge is 0.497 e. The van der Waals surface area contributed by atoms with Crippen molar-refractivity contribution in [3.8, 4) is 5.75 Å². The smallest absolute Gasteiger partial charge is 0.231 e. The van der Waals surface area contributed by atoms with E-state index in [4.69, 9.17) is 4.74 Å². The molecule has 4 heteroatoms. The maximum Gasteiger partial charge on any atom is 0.231 e. The Morgan fingerprint density at radius 3 is 2.77 bits per heavy atom. The summed E-state index contributed by atoms with van der Waals surface area (Å²) in [5.74, 6) is 0.720. The first-order chi connectivity index (χ1) is 10.7. The second-order valence-electron chi connectivity index (χ2n) is 5.44. The minimum atomic E-state index is -0.526. The first-order valence-corrected chi connectivity index (χ1v) is 7.39. The van der Waals surface area contributed by atoms with Gasteiger partial charge in [0.05, 0.1) is 25.3 Å². The summed E-state index contributed by atoms with van der Waals surface area (Å²) in [5, 5.41) is 10.1. The highest BCUT2D eigenvalue weighted by Crippen LogP contribution is 2.36. The van der Waals surface area contributed by atoms with Crippen molar-refractivity contribution in [2.45, 2.75) is 18.9 Å². The lowest BCUT2D eigenvalue weighted by Gasteiger charge is -2.32. The molecule has 0 aliphatic carbocycles. The van der Waals surface area contributed by atoms with Crippen molar-refractivity contribution in [2.75, 3.05) is 18.6 Å². The number of anilines is 1. The summed E-state index contributed by atoms with van der Waals surface area (Å²) in [6.07, 6.45) is 0.384. The molecule has 0 saturated carbocycles. The molecule has 1 atom stereocenters. The average molecular weight is 297 g/mol. The number of aliphatic hydroxyl groups is 1. The molecule has 1 aliphatic rings. The molecule has 0 fully saturated rings. The van der Waals surface area contributed by atoms with E-state index in [-0.39, 0.29) is 5.91 Å². The molecular formula is C18H19NO3. The normalized spacial score (nSPS) is 17.0. The number of methoxy groups -OCH3 is 1. The van der Waals surface area contributed by atoms with E-state index >= 15 is 0 Å². The van der Waals surface area contributed by atoms with Crippen LogP contribution in [-0.2, 0) is 11.2 Å². The Balaban J connectivity index is 1.89.